The molecule has 13 heavy (non-hydrogen) atoms. The summed E-state index contributed by atoms with van der Waals surface area (Å²) in [5, 5.41) is 0. The summed E-state index contributed by atoms with van der Waals surface area (Å²) in [6, 6.07) is 3.64. The summed E-state index contributed by atoms with van der Waals surface area (Å²) in [6.07, 6.45) is 1.69. The van der Waals surface area contributed by atoms with E-state index < -0.39 is 5.92 Å². The highest BCUT2D eigenvalue weighted by atomic mass is 19.3. The highest BCUT2D eigenvalue weighted by Gasteiger charge is 2.44. The molecular weight excluding hydrogens is 174 g/mol. The average molecular weight is 184 g/mol. The second-order valence-electron chi connectivity index (χ2n) is 3.41. The summed E-state index contributed by atoms with van der Waals surface area (Å²) in [4.78, 5) is 5.63. The molecule has 2 heterocycles. The molecule has 0 radical (unpaired) electrons. The molecule has 0 amide bonds. The first kappa shape index (κ1) is 8.41. The molecule has 0 saturated carbocycles. The van der Waals surface area contributed by atoms with E-state index >= 15 is 0 Å². The molecule has 0 atom stereocenters. The smallest absolute Gasteiger partial charge is 0.282 e. The lowest BCUT2D eigenvalue weighted by Crippen LogP contribution is -2.56. The second-order valence-corrected chi connectivity index (χ2v) is 3.41. The van der Waals surface area contributed by atoms with Gasteiger partial charge in [-0.3, -0.25) is 0 Å². The van der Waals surface area contributed by atoms with E-state index in [0.717, 1.165) is 5.56 Å². The van der Waals surface area contributed by atoms with Gasteiger partial charge in [0.25, 0.3) is 5.92 Å². The number of aromatic nitrogens is 1. The van der Waals surface area contributed by atoms with Crippen LogP contribution in [0.15, 0.2) is 18.3 Å². The highest BCUT2D eigenvalue weighted by Crippen LogP contribution is 2.30. The molecule has 2 rings (SSSR count). The number of pyridine rings is 1. The van der Waals surface area contributed by atoms with Crippen LogP contribution in [0.2, 0.25) is 0 Å². The molecule has 1 aliphatic heterocycles. The fourth-order valence-corrected chi connectivity index (χ4v) is 1.32. The summed E-state index contributed by atoms with van der Waals surface area (Å²) < 4.78 is 25.0. The Balaban J connectivity index is 2.08. The van der Waals surface area contributed by atoms with Crippen molar-refractivity contribution >= 4 is 5.82 Å². The summed E-state index contributed by atoms with van der Waals surface area (Å²) >= 11 is 0. The molecule has 1 aromatic rings. The topological polar surface area (TPSA) is 16.1 Å². The molecule has 1 aliphatic rings. The van der Waals surface area contributed by atoms with Gasteiger partial charge in [0, 0.05) is 6.20 Å². The van der Waals surface area contributed by atoms with E-state index in [2.05, 4.69) is 4.98 Å². The number of hydrogen-bond donors (Lipinski definition) is 0. The summed E-state index contributed by atoms with van der Waals surface area (Å²) in [5.41, 5.74) is 1.04. The number of halogens is 2. The van der Waals surface area contributed by atoms with Crippen LogP contribution in [0.4, 0.5) is 14.6 Å². The molecule has 2 nitrogen and oxygen atoms in total. The fraction of sp³-hybridized carbons (Fsp3) is 0.444. The minimum Gasteiger partial charge on any atom is -0.344 e. The maximum Gasteiger partial charge on any atom is 0.282 e. The van der Waals surface area contributed by atoms with E-state index in [1.54, 1.807) is 17.2 Å². The van der Waals surface area contributed by atoms with E-state index in [1.165, 1.54) is 0 Å². The first-order chi connectivity index (χ1) is 6.07. The second kappa shape index (κ2) is 2.65. The van der Waals surface area contributed by atoms with Crippen LogP contribution in [0.3, 0.4) is 0 Å². The van der Waals surface area contributed by atoms with Gasteiger partial charge in [-0.25, -0.2) is 13.8 Å². The quantitative estimate of drug-likeness (QED) is 0.662. The molecule has 0 aromatic carbocycles. The molecule has 0 aliphatic carbocycles. The van der Waals surface area contributed by atoms with Gasteiger partial charge in [-0.05, 0) is 18.6 Å². The predicted octanol–water partition coefficient (Wildman–Crippen LogP) is 1.85. The van der Waals surface area contributed by atoms with Crippen molar-refractivity contribution in [3.63, 3.8) is 0 Å². The Morgan fingerprint density at radius 3 is 2.54 bits per heavy atom. The molecule has 0 spiro atoms. The van der Waals surface area contributed by atoms with Crippen molar-refractivity contribution in [2.45, 2.75) is 12.8 Å². The molecule has 70 valence electrons. The number of rotatable bonds is 1. The van der Waals surface area contributed by atoms with Gasteiger partial charge in [0.15, 0.2) is 0 Å². The van der Waals surface area contributed by atoms with Crippen molar-refractivity contribution in [3.8, 4) is 0 Å². The zero-order valence-electron chi connectivity index (χ0n) is 7.30. The van der Waals surface area contributed by atoms with E-state index in [9.17, 15) is 8.78 Å². The Labute approximate surface area is 75.2 Å². The molecule has 1 fully saturated rings. The third kappa shape index (κ3) is 1.61. The molecule has 4 heteroatoms. The number of anilines is 1. The monoisotopic (exact) mass is 184 g/mol. The Hall–Kier alpha value is -1.19. The summed E-state index contributed by atoms with van der Waals surface area (Å²) in [5.74, 6) is -1.89. The van der Waals surface area contributed by atoms with E-state index in [1.807, 2.05) is 13.0 Å². The van der Waals surface area contributed by atoms with Gasteiger partial charge in [0.1, 0.15) is 5.82 Å². The lowest BCUT2D eigenvalue weighted by Gasteiger charge is -2.39. The summed E-state index contributed by atoms with van der Waals surface area (Å²) in [6.45, 7) is 1.51. The standard InChI is InChI=1S/C9H10F2N2/c1-7-2-3-8(12-4-7)13-5-9(10,11)6-13/h2-4H,5-6H2,1H3. The third-order valence-corrected chi connectivity index (χ3v) is 2.06. The van der Waals surface area contributed by atoms with Crippen molar-refractivity contribution in [2.75, 3.05) is 18.0 Å². The molecule has 1 saturated heterocycles. The number of hydrogen-bond acceptors (Lipinski definition) is 2. The molecule has 0 unspecified atom stereocenters. The van der Waals surface area contributed by atoms with Gasteiger partial charge in [0.05, 0.1) is 13.1 Å². The van der Waals surface area contributed by atoms with Crippen LogP contribution in [0, 0.1) is 6.92 Å². The van der Waals surface area contributed by atoms with Crippen molar-refractivity contribution in [2.24, 2.45) is 0 Å². The average Bonchev–Trinajstić information content (AvgIpc) is 2.01. The minimum absolute atomic E-state index is 0.205. The van der Waals surface area contributed by atoms with Crippen LogP contribution in [0.5, 0.6) is 0 Å². The van der Waals surface area contributed by atoms with Crippen molar-refractivity contribution in [3.05, 3.63) is 23.9 Å². The van der Waals surface area contributed by atoms with Crippen LogP contribution in [-0.4, -0.2) is 24.0 Å². The maximum absolute atomic E-state index is 12.5. The van der Waals surface area contributed by atoms with Crippen molar-refractivity contribution in [1.82, 2.24) is 4.98 Å². The van der Waals surface area contributed by atoms with Gasteiger partial charge in [-0.1, -0.05) is 6.07 Å². The molecule has 0 bridgehead atoms. The van der Waals surface area contributed by atoms with Gasteiger partial charge in [-0.2, -0.15) is 0 Å². The van der Waals surface area contributed by atoms with Crippen LogP contribution >= 0.6 is 0 Å². The first-order valence-corrected chi connectivity index (χ1v) is 4.12. The minimum atomic E-state index is -2.52. The Bertz CT molecular complexity index is 300. The SMILES string of the molecule is Cc1ccc(N2CC(F)(F)C2)nc1. The van der Waals surface area contributed by atoms with Gasteiger partial charge in [0.2, 0.25) is 0 Å². The third-order valence-electron chi connectivity index (χ3n) is 2.06. The first-order valence-electron chi connectivity index (χ1n) is 4.12. The van der Waals surface area contributed by atoms with Gasteiger partial charge >= 0.3 is 0 Å². The lowest BCUT2D eigenvalue weighted by atomic mass is 10.1. The maximum atomic E-state index is 12.5. The lowest BCUT2D eigenvalue weighted by molar-refractivity contribution is -0.0266. The number of alkyl halides is 2. The van der Waals surface area contributed by atoms with Crippen LogP contribution < -0.4 is 4.90 Å². The zero-order valence-corrected chi connectivity index (χ0v) is 7.30. The van der Waals surface area contributed by atoms with E-state index in [-0.39, 0.29) is 13.1 Å². The Morgan fingerprint density at radius 1 is 1.38 bits per heavy atom. The number of aryl methyl sites for hydroxylation is 1. The van der Waals surface area contributed by atoms with E-state index in [0.29, 0.717) is 5.82 Å². The molecular formula is C9H10F2N2. The number of nitrogens with zero attached hydrogens (tertiary/aromatic N) is 2. The van der Waals surface area contributed by atoms with Crippen molar-refractivity contribution in [1.29, 1.82) is 0 Å². The van der Waals surface area contributed by atoms with Crippen LogP contribution in [0.25, 0.3) is 0 Å². The molecule has 1 aromatic heterocycles. The highest BCUT2D eigenvalue weighted by molar-refractivity contribution is 5.43. The largest absolute Gasteiger partial charge is 0.344 e. The van der Waals surface area contributed by atoms with Crippen molar-refractivity contribution < 1.29 is 8.78 Å². The van der Waals surface area contributed by atoms with Gasteiger partial charge < -0.3 is 4.90 Å². The van der Waals surface area contributed by atoms with Gasteiger partial charge in [-0.15, -0.1) is 0 Å². The predicted molar refractivity (Wildman–Crippen MR) is 46.1 cm³/mol. The fourth-order valence-electron chi connectivity index (χ4n) is 1.32. The van der Waals surface area contributed by atoms with Crippen LogP contribution in [0.1, 0.15) is 5.56 Å². The zero-order chi connectivity index (χ0) is 9.47. The summed E-state index contributed by atoms with van der Waals surface area (Å²) in [7, 11) is 0. The molecule has 0 N–H and O–H groups in total. The Morgan fingerprint density at radius 2 is 2.08 bits per heavy atom. The van der Waals surface area contributed by atoms with Crippen LogP contribution in [-0.2, 0) is 0 Å². The normalized spacial score (nSPS) is 19.8. The van der Waals surface area contributed by atoms with E-state index in [4.69, 9.17) is 0 Å². The Kier molecular flexibility index (Phi) is 1.71.